The molecule has 0 fully saturated rings. The van der Waals surface area contributed by atoms with Gasteiger partial charge < -0.3 is 30.7 Å². The van der Waals surface area contributed by atoms with E-state index < -0.39 is 23.3 Å². The Morgan fingerprint density at radius 1 is 1.08 bits per heavy atom. The van der Waals surface area contributed by atoms with Crippen LogP contribution in [-0.2, 0) is 36.9 Å². The number of nitrogens with two attached hydrogens (primary N) is 1. The Bertz CT molecular complexity index is 957. The van der Waals surface area contributed by atoms with Gasteiger partial charge in [0, 0.05) is 32.1 Å². The molecule has 0 saturated carbocycles. The molecule has 0 bridgehead atoms. The molecule has 4 N–H and O–H groups in total. The monoisotopic (exact) mass is 518 g/mol. The number of carbonyl (C=O) groups excluding carboxylic acids is 3. The molecule has 3 amide bonds. The van der Waals surface area contributed by atoms with Gasteiger partial charge in [0.25, 0.3) is 0 Å². The summed E-state index contributed by atoms with van der Waals surface area (Å²) < 4.78 is 11.6. The number of thiophene rings is 1. The van der Waals surface area contributed by atoms with Crippen LogP contribution in [0.4, 0.5) is 0 Å². The summed E-state index contributed by atoms with van der Waals surface area (Å²) in [6.07, 6.45) is 0.956. The first-order chi connectivity index (χ1) is 17.3. The lowest BCUT2D eigenvalue weighted by Gasteiger charge is -2.44. The third kappa shape index (κ3) is 7.60. The van der Waals surface area contributed by atoms with Crippen LogP contribution >= 0.6 is 11.3 Å². The number of nitrogens with zero attached hydrogens (tertiary/aromatic N) is 1. The number of amides is 3. The Morgan fingerprint density at radius 3 is 2.39 bits per heavy atom. The van der Waals surface area contributed by atoms with Gasteiger partial charge in [0.15, 0.2) is 5.54 Å². The van der Waals surface area contributed by atoms with E-state index in [0.29, 0.717) is 6.42 Å². The molecular formula is C26H38N4O5S. The van der Waals surface area contributed by atoms with Crippen molar-refractivity contribution in [1.29, 1.82) is 0 Å². The third-order valence-corrected chi connectivity index (χ3v) is 7.13. The Labute approximate surface area is 217 Å². The van der Waals surface area contributed by atoms with Gasteiger partial charge in [-0.1, -0.05) is 43.3 Å². The lowest BCUT2D eigenvalue weighted by atomic mass is 9.78. The highest BCUT2D eigenvalue weighted by molar-refractivity contribution is 7.09. The highest BCUT2D eigenvalue weighted by atomic mass is 32.1. The Balaban J connectivity index is 2.45. The van der Waals surface area contributed by atoms with Crippen molar-refractivity contribution in [1.82, 2.24) is 15.5 Å². The molecule has 10 heteroatoms. The molecule has 2 rings (SSSR count). The standard InChI is InChI=1S/C26H38N4O5S/c1-5-20(27)16-34-17-23(31)30(4)26(25(33)29-3,18-35-15-19-10-7-6-8-11-19)22(24(32)28-2)14-21-12-9-13-36-21/h6-13,20,22H,5,14-18,27H2,1-4H3,(H,28,32)(H,29,33)/t20?,22-,26-/m0/s1. The molecule has 1 unspecified atom stereocenters. The van der Waals surface area contributed by atoms with Crippen molar-refractivity contribution in [2.75, 3.05) is 41.0 Å². The summed E-state index contributed by atoms with van der Waals surface area (Å²) in [6.45, 7) is 1.88. The first-order valence-electron chi connectivity index (χ1n) is 12.0. The molecule has 0 aliphatic heterocycles. The molecule has 3 atom stereocenters. The smallest absolute Gasteiger partial charge is 0.249 e. The Kier molecular flexibility index (Phi) is 12.0. The maximum Gasteiger partial charge on any atom is 0.249 e. The van der Waals surface area contributed by atoms with E-state index in [1.54, 1.807) is 0 Å². The largest absolute Gasteiger partial charge is 0.374 e. The fourth-order valence-corrected chi connectivity index (χ4v) is 4.69. The van der Waals surface area contributed by atoms with Crippen molar-refractivity contribution < 1.29 is 23.9 Å². The highest BCUT2D eigenvalue weighted by Gasteiger charge is 2.53. The SMILES string of the molecule is CCC(N)COCC(=O)N(C)[C@](COCc1ccccc1)(C(=O)NC)[C@@H](Cc1cccs1)C(=O)NC. The molecule has 36 heavy (non-hydrogen) atoms. The maximum atomic E-state index is 13.6. The van der Waals surface area contributed by atoms with E-state index >= 15 is 0 Å². The summed E-state index contributed by atoms with van der Waals surface area (Å²) in [7, 11) is 4.51. The third-order valence-electron chi connectivity index (χ3n) is 6.23. The van der Waals surface area contributed by atoms with Gasteiger partial charge in [0.05, 0.1) is 25.7 Å². The second-order valence-electron chi connectivity index (χ2n) is 8.57. The molecule has 1 aromatic heterocycles. The van der Waals surface area contributed by atoms with Crippen LogP contribution < -0.4 is 16.4 Å². The van der Waals surface area contributed by atoms with Crippen LogP contribution in [0.5, 0.6) is 0 Å². The summed E-state index contributed by atoms with van der Waals surface area (Å²) >= 11 is 1.48. The Morgan fingerprint density at radius 2 is 1.81 bits per heavy atom. The van der Waals surface area contributed by atoms with Gasteiger partial charge >= 0.3 is 0 Å². The molecule has 2 aromatic rings. The first kappa shape index (κ1) is 29.4. The molecule has 0 saturated heterocycles. The summed E-state index contributed by atoms with van der Waals surface area (Å²) in [4.78, 5) is 42.4. The van der Waals surface area contributed by atoms with Crippen LogP contribution in [0.1, 0.15) is 23.8 Å². The minimum atomic E-state index is -1.64. The molecule has 0 spiro atoms. The van der Waals surface area contributed by atoms with E-state index in [-0.39, 0.29) is 44.8 Å². The van der Waals surface area contributed by atoms with Crippen LogP contribution in [0.15, 0.2) is 47.8 Å². The molecular weight excluding hydrogens is 480 g/mol. The zero-order valence-corrected chi connectivity index (χ0v) is 22.3. The molecule has 198 valence electrons. The zero-order valence-electron chi connectivity index (χ0n) is 21.5. The van der Waals surface area contributed by atoms with Crippen molar-refractivity contribution in [3.63, 3.8) is 0 Å². The molecule has 0 aliphatic rings. The zero-order chi connectivity index (χ0) is 26.6. The van der Waals surface area contributed by atoms with Crippen molar-refractivity contribution >= 4 is 29.1 Å². The lowest BCUT2D eigenvalue weighted by molar-refractivity contribution is -0.162. The van der Waals surface area contributed by atoms with Gasteiger partial charge in [-0.25, -0.2) is 0 Å². The predicted octanol–water partition coefficient (Wildman–Crippen LogP) is 1.57. The van der Waals surface area contributed by atoms with E-state index in [1.165, 1.54) is 37.4 Å². The molecule has 0 radical (unpaired) electrons. The van der Waals surface area contributed by atoms with Crippen molar-refractivity contribution in [2.24, 2.45) is 11.7 Å². The predicted molar refractivity (Wildman–Crippen MR) is 140 cm³/mol. The number of rotatable bonds is 15. The van der Waals surface area contributed by atoms with Gasteiger partial charge in [0.2, 0.25) is 17.7 Å². The van der Waals surface area contributed by atoms with Crippen molar-refractivity contribution in [3.05, 3.63) is 58.3 Å². The van der Waals surface area contributed by atoms with Gasteiger partial charge in [-0.2, -0.15) is 0 Å². The fraction of sp³-hybridized carbons (Fsp3) is 0.500. The van der Waals surface area contributed by atoms with Crippen molar-refractivity contribution in [2.45, 2.75) is 38.0 Å². The van der Waals surface area contributed by atoms with Crippen LogP contribution in [-0.4, -0.2) is 75.2 Å². The normalized spacial score (nSPS) is 14.4. The van der Waals surface area contributed by atoms with Gasteiger partial charge in [-0.15, -0.1) is 11.3 Å². The summed E-state index contributed by atoms with van der Waals surface area (Å²) in [5, 5.41) is 7.24. The molecule has 9 nitrogen and oxygen atoms in total. The number of nitrogens with one attached hydrogen (secondary N) is 2. The highest BCUT2D eigenvalue weighted by Crippen LogP contribution is 2.31. The number of ether oxygens (including phenoxy) is 2. The quantitative estimate of drug-likeness (QED) is 0.329. The number of likely N-dealkylation sites (N-methyl/N-ethyl adjacent to an activating group) is 2. The van der Waals surface area contributed by atoms with Crippen molar-refractivity contribution in [3.8, 4) is 0 Å². The van der Waals surface area contributed by atoms with Crippen LogP contribution in [0, 0.1) is 5.92 Å². The second-order valence-corrected chi connectivity index (χ2v) is 9.60. The molecule has 0 aliphatic carbocycles. The van der Waals surface area contributed by atoms with E-state index in [0.717, 1.165) is 10.4 Å². The molecule has 1 heterocycles. The second kappa shape index (κ2) is 14.7. The minimum Gasteiger partial charge on any atom is -0.374 e. The first-order valence-corrected chi connectivity index (χ1v) is 12.9. The molecule has 1 aromatic carbocycles. The van der Waals surface area contributed by atoms with E-state index in [4.69, 9.17) is 15.2 Å². The van der Waals surface area contributed by atoms with Crippen LogP contribution in [0.25, 0.3) is 0 Å². The minimum absolute atomic E-state index is 0.193. The lowest BCUT2D eigenvalue weighted by Crippen LogP contribution is -2.68. The number of benzene rings is 1. The summed E-state index contributed by atoms with van der Waals surface area (Å²) in [5.74, 6) is -2.25. The average molecular weight is 519 g/mol. The maximum absolute atomic E-state index is 13.6. The summed E-state index contributed by atoms with van der Waals surface area (Å²) in [5.41, 5.74) is 5.18. The van der Waals surface area contributed by atoms with E-state index in [9.17, 15) is 14.4 Å². The van der Waals surface area contributed by atoms with E-state index in [1.807, 2.05) is 54.8 Å². The summed E-state index contributed by atoms with van der Waals surface area (Å²) in [6, 6.07) is 13.1. The number of hydrogen-bond donors (Lipinski definition) is 3. The van der Waals surface area contributed by atoms with Crippen LogP contribution in [0.3, 0.4) is 0 Å². The number of carbonyl (C=O) groups is 3. The van der Waals surface area contributed by atoms with E-state index in [2.05, 4.69) is 10.6 Å². The Hall–Kier alpha value is -2.79. The fourth-order valence-electron chi connectivity index (χ4n) is 3.94. The van der Waals surface area contributed by atoms with Gasteiger partial charge in [0.1, 0.15) is 6.61 Å². The van der Waals surface area contributed by atoms with Crippen LogP contribution in [0.2, 0.25) is 0 Å². The average Bonchev–Trinajstić information content (AvgIpc) is 3.42. The van der Waals surface area contributed by atoms with Gasteiger partial charge in [-0.05, 0) is 29.9 Å². The topological polar surface area (TPSA) is 123 Å². The van der Waals surface area contributed by atoms with Gasteiger partial charge in [-0.3, -0.25) is 14.4 Å². The number of hydrogen-bond acceptors (Lipinski definition) is 7.